The molecule has 0 saturated carbocycles. The van der Waals surface area contributed by atoms with E-state index >= 15 is 0 Å². The van der Waals surface area contributed by atoms with Crippen molar-refractivity contribution in [3.05, 3.63) is 56.9 Å². The van der Waals surface area contributed by atoms with Gasteiger partial charge >= 0.3 is 6.18 Å². The van der Waals surface area contributed by atoms with Crippen molar-refractivity contribution in [2.24, 2.45) is 5.16 Å². The van der Waals surface area contributed by atoms with Crippen LogP contribution in [0.3, 0.4) is 0 Å². The van der Waals surface area contributed by atoms with Gasteiger partial charge in [0, 0.05) is 32.1 Å². The first-order chi connectivity index (χ1) is 12.7. The fraction of sp³-hybridized carbons (Fsp3) is 0.278. The molecule has 1 aromatic carbocycles. The summed E-state index contributed by atoms with van der Waals surface area (Å²) < 4.78 is 43.0. The van der Waals surface area contributed by atoms with Crippen molar-refractivity contribution in [1.29, 1.82) is 0 Å². The Morgan fingerprint density at radius 2 is 2.04 bits per heavy atom. The van der Waals surface area contributed by atoms with Gasteiger partial charge in [0.2, 0.25) is 0 Å². The van der Waals surface area contributed by atoms with Gasteiger partial charge in [0.1, 0.15) is 5.71 Å². The number of alkyl halides is 4. The number of allylic oxidation sites excluding steroid dienone is 2. The van der Waals surface area contributed by atoms with E-state index in [2.05, 4.69) is 5.16 Å². The fourth-order valence-corrected chi connectivity index (χ4v) is 5.19. The van der Waals surface area contributed by atoms with Gasteiger partial charge in [0.05, 0.1) is 16.7 Å². The highest BCUT2D eigenvalue weighted by atomic mass is 35.5. The second-order valence-corrected chi connectivity index (χ2v) is 8.86. The molecule has 9 heteroatoms. The zero-order valence-electron chi connectivity index (χ0n) is 13.5. The Labute approximate surface area is 171 Å². The lowest BCUT2D eigenvalue weighted by Gasteiger charge is -2.32. The molecule has 2 aliphatic rings. The predicted molar refractivity (Wildman–Crippen MR) is 104 cm³/mol. The van der Waals surface area contributed by atoms with Gasteiger partial charge in [-0.05, 0) is 24.3 Å². The summed E-state index contributed by atoms with van der Waals surface area (Å²) >= 11 is 19.5. The van der Waals surface area contributed by atoms with E-state index in [4.69, 9.17) is 39.6 Å². The first kappa shape index (κ1) is 19.1. The molecule has 2 atom stereocenters. The van der Waals surface area contributed by atoms with E-state index in [1.54, 1.807) is 18.2 Å². The molecule has 2 unspecified atom stereocenters. The lowest BCUT2D eigenvalue weighted by Crippen LogP contribution is -2.47. The molecule has 1 aliphatic heterocycles. The molecule has 0 bridgehead atoms. The zero-order chi connectivity index (χ0) is 19.4. The molecule has 2 aromatic rings. The number of hydrogen-bond donors (Lipinski definition) is 0. The van der Waals surface area contributed by atoms with Gasteiger partial charge in [-0.1, -0.05) is 40.5 Å². The van der Waals surface area contributed by atoms with Crippen molar-refractivity contribution in [3.8, 4) is 0 Å². The number of fused-ring (bicyclic) bond motifs is 1. The number of halogens is 6. The van der Waals surface area contributed by atoms with Gasteiger partial charge in [0.25, 0.3) is 5.60 Å². The number of thiophene rings is 1. The standard InChI is InChI=1S/C18H11Cl3F3NOS/c19-10-4-9(5-11(20)6-10)17(18(22,23)24)8-14(25-26-17)16-7-12-13(21)2-1-3-15(12)27-16/h1-5,7,10H,6,8H2. The molecule has 0 fully saturated rings. The molecule has 4 rings (SSSR count). The summed E-state index contributed by atoms with van der Waals surface area (Å²) in [6.07, 6.45) is -2.27. The minimum absolute atomic E-state index is 0.121. The molecule has 2 heterocycles. The van der Waals surface area contributed by atoms with Crippen LogP contribution in [0.1, 0.15) is 17.7 Å². The molecule has 0 radical (unpaired) electrons. The number of rotatable bonds is 2. The second-order valence-electron chi connectivity index (χ2n) is 6.33. The summed E-state index contributed by atoms with van der Waals surface area (Å²) in [5.74, 6) is 0. The molecule has 0 spiro atoms. The minimum Gasteiger partial charge on any atom is -0.374 e. The summed E-state index contributed by atoms with van der Waals surface area (Å²) in [4.78, 5) is 5.62. The predicted octanol–water partition coefficient (Wildman–Crippen LogP) is 7.04. The Hall–Kier alpha value is -1.21. The van der Waals surface area contributed by atoms with Gasteiger partial charge in [0.15, 0.2) is 0 Å². The van der Waals surface area contributed by atoms with Crippen molar-refractivity contribution in [2.45, 2.75) is 30.0 Å². The first-order valence-corrected chi connectivity index (χ1v) is 9.93. The van der Waals surface area contributed by atoms with Gasteiger partial charge < -0.3 is 4.84 Å². The number of hydrogen-bond acceptors (Lipinski definition) is 3. The van der Waals surface area contributed by atoms with Crippen molar-refractivity contribution in [3.63, 3.8) is 0 Å². The van der Waals surface area contributed by atoms with Gasteiger partial charge in [-0.3, -0.25) is 0 Å². The number of nitrogens with zero attached hydrogens (tertiary/aromatic N) is 1. The van der Waals surface area contributed by atoms with E-state index in [0.29, 0.717) is 9.90 Å². The quantitative estimate of drug-likeness (QED) is 0.448. The van der Waals surface area contributed by atoms with Crippen LogP contribution >= 0.6 is 46.1 Å². The Balaban J connectivity index is 1.74. The van der Waals surface area contributed by atoms with E-state index in [-0.39, 0.29) is 22.7 Å². The van der Waals surface area contributed by atoms with Crippen molar-refractivity contribution >= 4 is 61.9 Å². The number of benzene rings is 1. The van der Waals surface area contributed by atoms with Crippen molar-refractivity contribution < 1.29 is 18.0 Å². The lowest BCUT2D eigenvalue weighted by molar-refractivity contribution is -0.252. The third-order valence-corrected chi connectivity index (χ3v) is 6.53. The van der Waals surface area contributed by atoms with Crippen LogP contribution in [0.4, 0.5) is 13.2 Å². The van der Waals surface area contributed by atoms with Crippen LogP contribution in [0.2, 0.25) is 5.02 Å². The molecule has 1 aromatic heterocycles. The summed E-state index contributed by atoms with van der Waals surface area (Å²) in [6.45, 7) is 0. The topological polar surface area (TPSA) is 21.6 Å². The van der Waals surface area contributed by atoms with Crippen molar-refractivity contribution in [2.75, 3.05) is 0 Å². The normalized spacial score (nSPS) is 25.9. The van der Waals surface area contributed by atoms with Crippen LogP contribution in [-0.2, 0) is 4.84 Å². The lowest BCUT2D eigenvalue weighted by atomic mass is 9.84. The largest absolute Gasteiger partial charge is 0.435 e. The van der Waals surface area contributed by atoms with Crippen LogP contribution < -0.4 is 0 Å². The van der Waals surface area contributed by atoms with E-state index in [1.807, 2.05) is 6.07 Å². The average molecular weight is 453 g/mol. The maximum atomic E-state index is 14.0. The summed E-state index contributed by atoms with van der Waals surface area (Å²) in [7, 11) is 0. The maximum absolute atomic E-state index is 14.0. The highest BCUT2D eigenvalue weighted by Gasteiger charge is 2.63. The molecule has 142 valence electrons. The van der Waals surface area contributed by atoms with Crippen LogP contribution in [0.25, 0.3) is 10.1 Å². The van der Waals surface area contributed by atoms with Gasteiger partial charge in [-0.15, -0.1) is 22.9 Å². The van der Waals surface area contributed by atoms with Crippen LogP contribution in [-0.4, -0.2) is 22.9 Å². The Morgan fingerprint density at radius 3 is 2.70 bits per heavy atom. The average Bonchev–Trinajstić information content (AvgIpc) is 3.19. The molecule has 0 saturated heterocycles. The third kappa shape index (κ3) is 3.27. The third-order valence-electron chi connectivity index (χ3n) is 4.51. The Kier molecular flexibility index (Phi) is 4.74. The van der Waals surface area contributed by atoms with Gasteiger partial charge in [-0.2, -0.15) is 13.2 Å². The molecule has 0 amide bonds. The molecular weight excluding hydrogens is 442 g/mol. The first-order valence-electron chi connectivity index (χ1n) is 7.92. The molecular formula is C18H11Cl3F3NOS. The van der Waals surface area contributed by atoms with Gasteiger partial charge in [-0.25, -0.2) is 0 Å². The van der Waals surface area contributed by atoms with E-state index in [0.717, 1.165) is 10.1 Å². The van der Waals surface area contributed by atoms with E-state index in [9.17, 15) is 13.2 Å². The second kappa shape index (κ2) is 6.69. The SMILES string of the molecule is FC(F)(F)C1(C2=CC(Cl)CC(Cl)=C2)CC(c2cc3c(Cl)cccc3s2)=NO1. The molecule has 0 N–H and O–H groups in total. The molecule has 1 aliphatic carbocycles. The highest BCUT2D eigenvalue weighted by molar-refractivity contribution is 7.21. The monoisotopic (exact) mass is 451 g/mol. The maximum Gasteiger partial charge on any atom is 0.435 e. The van der Waals surface area contributed by atoms with Crippen LogP contribution in [0, 0.1) is 0 Å². The summed E-state index contributed by atoms with van der Waals surface area (Å²) in [5.41, 5.74) is -2.51. The van der Waals surface area contributed by atoms with E-state index < -0.39 is 23.6 Å². The highest BCUT2D eigenvalue weighted by Crippen LogP contribution is 2.49. The zero-order valence-corrected chi connectivity index (χ0v) is 16.6. The molecule has 27 heavy (non-hydrogen) atoms. The smallest absolute Gasteiger partial charge is 0.374 e. The summed E-state index contributed by atoms with van der Waals surface area (Å²) in [6, 6.07) is 7.11. The van der Waals surface area contributed by atoms with Crippen molar-refractivity contribution in [1.82, 2.24) is 0 Å². The number of oxime groups is 1. The fourth-order valence-electron chi connectivity index (χ4n) is 3.17. The Morgan fingerprint density at radius 1 is 1.26 bits per heavy atom. The van der Waals surface area contributed by atoms with Crippen LogP contribution in [0.15, 0.2) is 52.2 Å². The summed E-state index contributed by atoms with van der Waals surface area (Å²) in [5, 5.41) is 4.71. The van der Waals surface area contributed by atoms with Crippen LogP contribution in [0.5, 0.6) is 0 Å². The van der Waals surface area contributed by atoms with E-state index in [1.165, 1.54) is 23.5 Å². The minimum atomic E-state index is -4.69. The molecule has 2 nitrogen and oxygen atoms in total. The Bertz CT molecular complexity index is 1010.